The number of piperidine rings is 1. The van der Waals surface area contributed by atoms with Crippen LogP contribution in [0.1, 0.15) is 32.9 Å². The summed E-state index contributed by atoms with van der Waals surface area (Å²) in [4.78, 5) is 17.1. The molecule has 1 saturated heterocycles. The van der Waals surface area contributed by atoms with Gasteiger partial charge in [0.05, 0.1) is 6.61 Å². The van der Waals surface area contributed by atoms with Gasteiger partial charge in [0.15, 0.2) is 5.69 Å². The zero-order valence-electron chi connectivity index (χ0n) is 14.4. The number of hydrogen-bond donors (Lipinski definition) is 0. The van der Waals surface area contributed by atoms with Crippen molar-refractivity contribution < 1.29 is 27.4 Å². The Labute approximate surface area is 144 Å². The summed E-state index contributed by atoms with van der Waals surface area (Å²) in [6.07, 6.45) is -3.02. The van der Waals surface area contributed by atoms with E-state index in [-0.39, 0.29) is 23.7 Å². The molecule has 0 aromatic carbocycles. The maximum absolute atomic E-state index is 13.0. The van der Waals surface area contributed by atoms with Crippen LogP contribution in [0.15, 0.2) is 18.3 Å². The normalized spacial score (nSPS) is 25.5. The standard InChI is InChI=1S/C17H21F3N2O3/c1-15(2,3)25-14(23)22-8-11-7-16(11,9-22)10-24-12-5-4-6-21-13(12)17(18,19)20/h4-6,11H,7-10H2,1-3H3. The van der Waals surface area contributed by atoms with Crippen LogP contribution < -0.4 is 4.74 Å². The van der Waals surface area contributed by atoms with Crippen LogP contribution in [0.25, 0.3) is 0 Å². The van der Waals surface area contributed by atoms with Gasteiger partial charge in [0.2, 0.25) is 0 Å². The van der Waals surface area contributed by atoms with Gasteiger partial charge < -0.3 is 14.4 Å². The zero-order valence-corrected chi connectivity index (χ0v) is 14.4. The molecule has 3 rings (SSSR count). The van der Waals surface area contributed by atoms with Crippen molar-refractivity contribution in [3.05, 3.63) is 24.0 Å². The molecule has 2 atom stereocenters. The monoisotopic (exact) mass is 358 g/mol. The van der Waals surface area contributed by atoms with Crippen LogP contribution in [0, 0.1) is 11.3 Å². The molecule has 0 N–H and O–H groups in total. The highest BCUT2D eigenvalue weighted by atomic mass is 19.4. The summed E-state index contributed by atoms with van der Waals surface area (Å²) in [5, 5.41) is 0. The molecule has 1 aromatic heterocycles. The van der Waals surface area contributed by atoms with Gasteiger partial charge in [-0.15, -0.1) is 0 Å². The molecule has 8 heteroatoms. The summed E-state index contributed by atoms with van der Waals surface area (Å²) in [6, 6.07) is 2.68. The van der Waals surface area contributed by atoms with Crippen LogP contribution >= 0.6 is 0 Å². The Hall–Kier alpha value is -1.99. The van der Waals surface area contributed by atoms with Crippen molar-refractivity contribution in [1.82, 2.24) is 9.88 Å². The first-order valence-corrected chi connectivity index (χ1v) is 8.13. The Morgan fingerprint density at radius 3 is 2.76 bits per heavy atom. The Kier molecular flexibility index (Phi) is 4.12. The topological polar surface area (TPSA) is 51.7 Å². The van der Waals surface area contributed by atoms with E-state index >= 15 is 0 Å². The molecule has 1 aliphatic carbocycles. The first-order chi connectivity index (χ1) is 11.5. The summed E-state index contributed by atoms with van der Waals surface area (Å²) in [7, 11) is 0. The third-order valence-corrected chi connectivity index (χ3v) is 4.51. The van der Waals surface area contributed by atoms with Gasteiger partial charge in [0.25, 0.3) is 0 Å². The van der Waals surface area contributed by atoms with Crippen LogP contribution in [-0.2, 0) is 10.9 Å². The predicted molar refractivity (Wildman–Crippen MR) is 83.1 cm³/mol. The highest BCUT2D eigenvalue weighted by Crippen LogP contribution is 2.58. The van der Waals surface area contributed by atoms with Crippen LogP contribution in [-0.4, -0.2) is 41.3 Å². The van der Waals surface area contributed by atoms with Crippen LogP contribution in [0.3, 0.4) is 0 Å². The lowest BCUT2D eigenvalue weighted by Crippen LogP contribution is -2.38. The fourth-order valence-electron chi connectivity index (χ4n) is 3.22. The highest BCUT2D eigenvalue weighted by Gasteiger charge is 2.62. The van der Waals surface area contributed by atoms with Crippen LogP contribution in [0.5, 0.6) is 5.75 Å². The molecule has 138 valence electrons. The molecule has 2 unspecified atom stereocenters. The van der Waals surface area contributed by atoms with Crippen molar-refractivity contribution in [2.45, 2.75) is 39.0 Å². The lowest BCUT2D eigenvalue weighted by molar-refractivity contribution is -0.142. The third kappa shape index (κ3) is 3.82. The fraction of sp³-hybridized carbons (Fsp3) is 0.647. The second-order valence-corrected chi connectivity index (χ2v) is 7.76. The molecule has 2 fully saturated rings. The smallest absolute Gasteiger partial charge is 0.437 e. The van der Waals surface area contributed by atoms with Gasteiger partial charge in [0.1, 0.15) is 11.4 Å². The number of ether oxygens (including phenoxy) is 2. The number of halogens is 3. The van der Waals surface area contributed by atoms with Crippen molar-refractivity contribution in [1.29, 1.82) is 0 Å². The van der Waals surface area contributed by atoms with Gasteiger partial charge in [-0.05, 0) is 45.2 Å². The average Bonchev–Trinajstić information content (AvgIpc) is 3.04. The Bertz CT molecular complexity index is 672. The minimum absolute atomic E-state index is 0.131. The second kappa shape index (κ2) is 5.78. The van der Waals surface area contributed by atoms with Gasteiger partial charge in [0, 0.05) is 24.7 Å². The third-order valence-electron chi connectivity index (χ3n) is 4.51. The lowest BCUT2D eigenvalue weighted by atomic mass is 10.1. The molecule has 1 amide bonds. The summed E-state index contributed by atoms with van der Waals surface area (Å²) < 4.78 is 49.7. The number of hydrogen-bond acceptors (Lipinski definition) is 4. The second-order valence-electron chi connectivity index (χ2n) is 7.76. The van der Waals surface area contributed by atoms with Gasteiger partial charge >= 0.3 is 12.3 Å². The molecule has 1 aliphatic heterocycles. The number of alkyl halides is 3. The molecule has 5 nitrogen and oxygen atoms in total. The minimum atomic E-state index is -4.56. The molecule has 2 heterocycles. The number of fused-ring (bicyclic) bond motifs is 1. The van der Waals surface area contributed by atoms with Crippen molar-refractivity contribution >= 4 is 6.09 Å². The van der Waals surface area contributed by atoms with Gasteiger partial charge in [-0.1, -0.05) is 0 Å². The van der Waals surface area contributed by atoms with Crippen molar-refractivity contribution in [2.24, 2.45) is 11.3 Å². The number of aromatic nitrogens is 1. The summed E-state index contributed by atoms with van der Waals surface area (Å²) >= 11 is 0. The first-order valence-electron chi connectivity index (χ1n) is 8.13. The van der Waals surface area contributed by atoms with E-state index in [9.17, 15) is 18.0 Å². The van der Waals surface area contributed by atoms with Crippen LogP contribution in [0.4, 0.5) is 18.0 Å². The lowest BCUT2D eigenvalue weighted by Gasteiger charge is -2.26. The van der Waals surface area contributed by atoms with E-state index < -0.39 is 23.6 Å². The predicted octanol–water partition coefficient (Wildman–Crippen LogP) is 3.74. The molecule has 0 spiro atoms. The number of nitrogens with zero attached hydrogens (tertiary/aromatic N) is 2. The number of amides is 1. The number of pyridine rings is 1. The number of carbonyl (C=O) groups is 1. The largest absolute Gasteiger partial charge is 0.491 e. The van der Waals surface area contributed by atoms with E-state index in [2.05, 4.69) is 4.98 Å². The maximum Gasteiger partial charge on any atom is 0.437 e. The summed E-state index contributed by atoms with van der Waals surface area (Å²) in [5.41, 5.74) is -1.88. The molecule has 2 aliphatic rings. The first kappa shape index (κ1) is 17.8. The number of rotatable bonds is 3. The Morgan fingerprint density at radius 1 is 1.40 bits per heavy atom. The molecule has 25 heavy (non-hydrogen) atoms. The minimum Gasteiger partial charge on any atom is -0.491 e. The Balaban J connectivity index is 1.62. The molecular formula is C17H21F3N2O3. The number of likely N-dealkylation sites (tertiary alicyclic amines) is 1. The fourth-order valence-corrected chi connectivity index (χ4v) is 3.22. The molecule has 1 saturated carbocycles. The number of carbonyl (C=O) groups excluding carboxylic acids is 1. The van der Waals surface area contributed by atoms with E-state index in [0.29, 0.717) is 13.1 Å². The molecule has 0 bridgehead atoms. The average molecular weight is 358 g/mol. The van der Waals surface area contributed by atoms with Crippen molar-refractivity contribution in [3.8, 4) is 5.75 Å². The van der Waals surface area contributed by atoms with Gasteiger partial charge in [-0.2, -0.15) is 13.2 Å². The molecule has 1 aromatic rings. The van der Waals surface area contributed by atoms with E-state index in [4.69, 9.17) is 9.47 Å². The van der Waals surface area contributed by atoms with Gasteiger partial charge in [-0.25, -0.2) is 9.78 Å². The van der Waals surface area contributed by atoms with Gasteiger partial charge in [-0.3, -0.25) is 0 Å². The molecule has 0 radical (unpaired) electrons. The van der Waals surface area contributed by atoms with E-state index in [1.165, 1.54) is 12.1 Å². The summed E-state index contributed by atoms with van der Waals surface area (Å²) in [5.74, 6) is -0.0308. The maximum atomic E-state index is 13.0. The van der Waals surface area contributed by atoms with E-state index in [1.54, 1.807) is 25.7 Å². The van der Waals surface area contributed by atoms with Crippen LogP contribution in [0.2, 0.25) is 0 Å². The van der Waals surface area contributed by atoms with E-state index in [1.807, 2.05) is 0 Å². The van der Waals surface area contributed by atoms with E-state index in [0.717, 1.165) is 12.6 Å². The Morgan fingerprint density at radius 2 is 2.12 bits per heavy atom. The van der Waals surface area contributed by atoms with Crippen molar-refractivity contribution in [2.75, 3.05) is 19.7 Å². The molecular weight excluding hydrogens is 337 g/mol. The quantitative estimate of drug-likeness (QED) is 0.826. The van der Waals surface area contributed by atoms with Crippen molar-refractivity contribution in [3.63, 3.8) is 0 Å². The summed E-state index contributed by atoms with van der Waals surface area (Å²) in [6.45, 7) is 6.50. The zero-order chi connectivity index (χ0) is 18.5. The highest BCUT2D eigenvalue weighted by molar-refractivity contribution is 5.69. The SMILES string of the molecule is CC(C)(C)OC(=O)N1CC2CC2(COc2cccnc2C(F)(F)F)C1.